The Bertz CT molecular complexity index is 540. The molecule has 0 bridgehead atoms. The summed E-state index contributed by atoms with van der Waals surface area (Å²) >= 11 is 1.65. The number of benzene rings is 1. The van der Waals surface area contributed by atoms with Crippen LogP contribution >= 0.6 is 11.8 Å². The van der Waals surface area contributed by atoms with E-state index in [0.29, 0.717) is 5.95 Å². The van der Waals surface area contributed by atoms with E-state index >= 15 is 0 Å². The number of thioether (sulfide) groups is 1. The summed E-state index contributed by atoms with van der Waals surface area (Å²) in [5.74, 6) is 0.339. The Hall–Kier alpha value is -1.82. The number of rotatable bonds is 3. The molecule has 0 amide bonds. The molecule has 6 heteroatoms. The van der Waals surface area contributed by atoms with Crippen LogP contribution in [0.2, 0.25) is 0 Å². The molecule has 0 spiro atoms. The van der Waals surface area contributed by atoms with E-state index in [-0.39, 0.29) is 5.56 Å². The highest BCUT2D eigenvalue weighted by Crippen LogP contribution is 2.20. The van der Waals surface area contributed by atoms with Gasteiger partial charge in [0, 0.05) is 10.6 Å². The zero-order valence-electron chi connectivity index (χ0n) is 8.60. The molecule has 5 nitrogen and oxygen atoms in total. The molecule has 1 heterocycles. The van der Waals surface area contributed by atoms with Gasteiger partial charge in [0.25, 0.3) is 5.56 Å². The zero-order valence-corrected chi connectivity index (χ0v) is 9.41. The molecule has 2 N–H and O–H groups in total. The van der Waals surface area contributed by atoms with Gasteiger partial charge < -0.3 is 5.32 Å². The van der Waals surface area contributed by atoms with Crippen LogP contribution in [0.3, 0.4) is 0 Å². The first kappa shape index (κ1) is 10.7. The number of nitrogens with zero attached hydrogens (tertiary/aromatic N) is 2. The van der Waals surface area contributed by atoms with Crippen LogP contribution in [0, 0.1) is 0 Å². The summed E-state index contributed by atoms with van der Waals surface area (Å²) in [5, 5.41) is 10.3. The van der Waals surface area contributed by atoms with Gasteiger partial charge in [-0.2, -0.15) is 0 Å². The molecule has 0 saturated heterocycles. The number of hydrogen-bond donors (Lipinski definition) is 2. The van der Waals surface area contributed by atoms with Crippen molar-refractivity contribution in [2.45, 2.75) is 4.90 Å². The molecule has 0 atom stereocenters. The van der Waals surface area contributed by atoms with E-state index < -0.39 is 0 Å². The van der Waals surface area contributed by atoms with Crippen molar-refractivity contribution in [1.82, 2.24) is 15.2 Å². The van der Waals surface area contributed by atoms with E-state index in [0.717, 1.165) is 16.8 Å². The number of hydrogen-bond acceptors (Lipinski definition) is 5. The van der Waals surface area contributed by atoms with Crippen molar-refractivity contribution in [3.8, 4) is 0 Å². The second kappa shape index (κ2) is 4.80. The lowest BCUT2D eigenvalue weighted by Gasteiger charge is -2.04. The topological polar surface area (TPSA) is 70.7 Å². The van der Waals surface area contributed by atoms with E-state index in [1.807, 2.05) is 30.5 Å². The van der Waals surface area contributed by atoms with Gasteiger partial charge in [-0.15, -0.1) is 22.0 Å². The van der Waals surface area contributed by atoms with Crippen LogP contribution in [-0.4, -0.2) is 21.4 Å². The van der Waals surface area contributed by atoms with Gasteiger partial charge in [-0.1, -0.05) is 6.07 Å². The lowest BCUT2D eigenvalue weighted by atomic mass is 10.3. The van der Waals surface area contributed by atoms with Gasteiger partial charge in [-0.05, 0) is 24.5 Å². The minimum atomic E-state index is -0.279. The van der Waals surface area contributed by atoms with Crippen LogP contribution in [-0.2, 0) is 0 Å². The summed E-state index contributed by atoms with van der Waals surface area (Å²) < 4.78 is 0. The summed E-state index contributed by atoms with van der Waals surface area (Å²) in [4.78, 5) is 14.7. The van der Waals surface area contributed by atoms with Crippen LogP contribution in [0.15, 0.2) is 40.2 Å². The van der Waals surface area contributed by atoms with Crippen LogP contribution in [0.1, 0.15) is 0 Å². The monoisotopic (exact) mass is 234 g/mol. The number of anilines is 2. The van der Waals surface area contributed by atoms with Gasteiger partial charge in [0.15, 0.2) is 0 Å². The smallest absolute Gasteiger partial charge is 0.271 e. The van der Waals surface area contributed by atoms with E-state index in [9.17, 15) is 4.79 Å². The Labute approximate surface area is 96.3 Å². The van der Waals surface area contributed by atoms with Crippen molar-refractivity contribution in [1.29, 1.82) is 0 Å². The number of nitrogens with one attached hydrogen (secondary N) is 2. The molecule has 2 rings (SSSR count). The Morgan fingerprint density at radius 1 is 1.44 bits per heavy atom. The van der Waals surface area contributed by atoms with E-state index in [4.69, 9.17) is 0 Å². The minimum Gasteiger partial charge on any atom is -0.324 e. The van der Waals surface area contributed by atoms with Gasteiger partial charge in [0.05, 0.1) is 0 Å². The molecule has 0 aliphatic rings. The molecule has 1 aromatic heterocycles. The van der Waals surface area contributed by atoms with Crippen LogP contribution < -0.4 is 10.9 Å². The lowest BCUT2D eigenvalue weighted by Crippen LogP contribution is -2.10. The Balaban J connectivity index is 2.23. The summed E-state index contributed by atoms with van der Waals surface area (Å²) in [6.45, 7) is 0. The highest BCUT2D eigenvalue weighted by Gasteiger charge is 1.98. The maximum Gasteiger partial charge on any atom is 0.271 e. The van der Waals surface area contributed by atoms with Crippen molar-refractivity contribution in [2.75, 3.05) is 11.6 Å². The molecule has 1 aromatic carbocycles. The van der Waals surface area contributed by atoms with Gasteiger partial charge in [0.1, 0.15) is 6.20 Å². The van der Waals surface area contributed by atoms with Crippen molar-refractivity contribution >= 4 is 23.4 Å². The first-order valence-electron chi connectivity index (χ1n) is 4.61. The SMILES string of the molecule is CSc1cccc(Nc2nncc(=O)[nH]2)c1. The molecular formula is C10H10N4OS. The standard InChI is InChI=1S/C10H10N4OS/c1-16-8-4-2-3-7(5-8)12-10-13-9(15)6-11-14-10/h2-6H,1H3,(H2,12,13,14,15). The van der Waals surface area contributed by atoms with Crippen molar-refractivity contribution in [3.05, 3.63) is 40.8 Å². The average Bonchev–Trinajstić information content (AvgIpc) is 2.29. The van der Waals surface area contributed by atoms with Crippen LogP contribution in [0.5, 0.6) is 0 Å². The molecule has 82 valence electrons. The van der Waals surface area contributed by atoms with Crippen molar-refractivity contribution < 1.29 is 0 Å². The predicted octanol–water partition coefficient (Wildman–Crippen LogP) is 1.63. The number of aromatic nitrogens is 3. The van der Waals surface area contributed by atoms with Gasteiger partial charge >= 0.3 is 0 Å². The number of H-pyrrole nitrogens is 1. The molecule has 2 aromatic rings. The fourth-order valence-corrected chi connectivity index (χ4v) is 1.67. The fraction of sp³-hybridized carbons (Fsp3) is 0.100. The van der Waals surface area contributed by atoms with Gasteiger partial charge in [0.2, 0.25) is 5.95 Å². The number of aromatic amines is 1. The molecule has 0 unspecified atom stereocenters. The summed E-state index contributed by atoms with van der Waals surface area (Å²) in [6, 6.07) is 7.81. The zero-order chi connectivity index (χ0) is 11.4. The fourth-order valence-electron chi connectivity index (χ4n) is 1.21. The summed E-state index contributed by atoms with van der Waals surface area (Å²) in [5.41, 5.74) is 0.585. The maximum absolute atomic E-state index is 11.0. The second-order valence-electron chi connectivity index (χ2n) is 3.04. The average molecular weight is 234 g/mol. The molecule has 16 heavy (non-hydrogen) atoms. The Morgan fingerprint density at radius 2 is 2.31 bits per heavy atom. The Kier molecular flexibility index (Phi) is 3.21. The van der Waals surface area contributed by atoms with E-state index in [1.165, 1.54) is 0 Å². The molecule has 0 fully saturated rings. The highest BCUT2D eigenvalue weighted by atomic mass is 32.2. The third-order valence-electron chi connectivity index (χ3n) is 1.91. The largest absolute Gasteiger partial charge is 0.324 e. The van der Waals surface area contributed by atoms with Crippen LogP contribution in [0.25, 0.3) is 0 Å². The highest BCUT2D eigenvalue weighted by molar-refractivity contribution is 7.98. The quantitative estimate of drug-likeness (QED) is 0.790. The molecular weight excluding hydrogens is 224 g/mol. The molecule has 0 saturated carbocycles. The first-order chi connectivity index (χ1) is 7.78. The van der Waals surface area contributed by atoms with E-state index in [1.54, 1.807) is 11.8 Å². The Morgan fingerprint density at radius 3 is 3.06 bits per heavy atom. The normalized spacial score (nSPS) is 10.1. The lowest BCUT2D eigenvalue weighted by molar-refractivity contribution is 0.953. The van der Waals surface area contributed by atoms with Crippen molar-refractivity contribution in [2.24, 2.45) is 0 Å². The molecule has 0 radical (unpaired) electrons. The minimum absolute atomic E-state index is 0.279. The first-order valence-corrected chi connectivity index (χ1v) is 5.83. The third-order valence-corrected chi connectivity index (χ3v) is 2.63. The maximum atomic E-state index is 11.0. The van der Waals surface area contributed by atoms with Gasteiger partial charge in [-0.25, -0.2) is 0 Å². The second-order valence-corrected chi connectivity index (χ2v) is 3.92. The van der Waals surface area contributed by atoms with E-state index in [2.05, 4.69) is 20.5 Å². The summed E-state index contributed by atoms with van der Waals surface area (Å²) in [7, 11) is 0. The molecule has 0 aliphatic carbocycles. The molecule has 0 aliphatic heterocycles. The summed E-state index contributed by atoms with van der Waals surface area (Å²) in [6.07, 6.45) is 3.13. The van der Waals surface area contributed by atoms with Gasteiger partial charge in [-0.3, -0.25) is 9.78 Å². The third kappa shape index (κ3) is 2.60. The van der Waals surface area contributed by atoms with Crippen molar-refractivity contribution in [3.63, 3.8) is 0 Å². The predicted molar refractivity (Wildman–Crippen MR) is 64.2 cm³/mol. The van der Waals surface area contributed by atoms with Crippen LogP contribution in [0.4, 0.5) is 11.6 Å².